The second-order valence-corrected chi connectivity index (χ2v) is 8.52. The van der Waals surface area contributed by atoms with E-state index in [0.717, 1.165) is 5.17 Å². The molecular formula is C24H22ClFN2O4S. The van der Waals surface area contributed by atoms with Crippen LogP contribution in [0.2, 0.25) is 5.02 Å². The van der Waals surface area contributed by atoms with Gasteiger partial charge in [0.25, 0.3) is 0 Å². The number of carbonyl (C=O) groups is 1. The molecule has 0 N–H and O–H groups in total. The van der Waals surface area contributed by atoms with E-state index in [-0.39, 0.29) is 24.1 Å². The molecule has 6 nitrogen and oxygen atoms in total. The number of fused-ring (bicyclic) bond motifs is 1. The number of hydrogen-bond donors (Lipinski definition) is 0. The van der Waals surface area contributed by atoms with Gasteiger partial charge in [0.15, 0.2) is 16.7 Å². The molecule has 0 bridgehead atoms. The van der Waals surface area contributed by atoms with E-state index in [1.54, 1.807) is 44.2 Å². The fraction of sp³-hybridized carbons (Fsp3) is 0.250. The number of methoxy groups -OCH3 is 1. The molecule has 0 aromatic heterocycles. The number of esters is 1. The van der Waals surface area contributed by atoms with Gasteiger partial charge in [-0.3, -0.25) is 0 Å². The topological polar surface area (TPSA) is 60.4 Å². The third-order valence-corrected chi connectivity index (χ3v) is 6.26. The van der Waals surface area contributed by atoms with E-state index in [4.69, 9.17) is 25.8 Å². The summed E-state index contributed by atoms with van der Waals surface area (Å²) in [5, 5.41) is 2.93. The summed E-state index contributed by atoms with van der Waals surface area (Å²) in [7, 11) is 1.50. The third-order valence-electron chi connectivity index (χ3n) is 5.21. The van der Waals surface area contributed by atoms with Crippen LogP contribution in [0.3, 0.4) is 0 Å². The molecule has 1 atom stereocenters. The minimum atomic E-state index is -0.505. The summed E-state index contributed by atoms with van der Waals surface area (Å²) < 4.78 is 30.7. The Morgan fingerprint density at radius 2 is 2.09 bits per heavy atom. The SMILES string of the molecule is CCOC(=O)C1=C(C)N=C2SC=CN2C1c1cc(Cl)c(OCc2ccccc2F)c(OC)c1. The molecule has 0 amide bonds. The minimum absolute atomic E-state index is 0.0130. The van der Waals surface area contributed by atoms with Gasteiger partial charge in [0.05, 0.1) is 36.1 Å². The zero-order valence-corrected chi connectivity index (χ0v) is 19.9. The van der Waals surface area contributed by atoms with Crippen LogP contribution in [0, 0.1) is 5.82 Å². The van der Waals surface area contributed by atoms with Crippen molar-refractivity contribution < 1.29 is 23.4 Å². The zero-order valence-electron chi connectivity index (χ0n) is 18.3. The van der Waals surface area contributed by atoms with Gasteiger partial charge in [-0.05, 0) is 43.0 Å². The fourth-order valence-electron chi connectivity index (χ4n) is 3.70. The Balaban J connectivity index is 1.72. The average Bonchev–Trinajstić information content (AvgIpc) is 3.26. The van der Waals surface area contributed by atoms with Crippen LogP contribution in [-0.4, -0.2) is 29.8 Å². The molecule has 1 unspecified atom stereocenters. The summed E-state index contributed by atoms with van der Waals surface area (Å²) in [5.74, 6) is -0.144. The van der Waals surface area contributed by atoms with Crippen molar-refractivity contribution >= 4 is 34.5 Å². The highest BCUT2D eigenvalue weighted by Gasteiger charge is 2.38. The number of nitrogens with zero attached hydrogens (tertiary/aromatic N) is 2. The van der Waals surface area contributed by atoms with Crippen LogP contribution < -0.4 is 9.47 Å². The highest BCUT2D eigenvalue weighted by atomic mass is 35.5. The molecule has 2 aliphatic heterocycles. The quantitative estimate of drug-likeness (QED) is 0.457. The molecule has 0 fully saturated rings. The lowest BCUT2D eigenvalue weighted by Crippen LogP contribution is -2.34. The number of rotatable bonds is 7. The van der Waals surface area contributed by atoms with E-state index in [0.29, 0.717) is 33.9 Å². The van der Waals surface area contributed by atoms with Gasteiger partial charge in [0.1, 0.15) is 12.4 Å². The van der Waals surface area contributed by atoms with Gasteiger partial charge in [-0.2, -0.15) is 0 Å². The van der Waals surface area contributed by atoms with Crippen LogP contribution in [0.1, 0.15) is 31.0 Å². The second kappa shape index (κ2) is 9.89. The predicted octanol–water partition coefficient (Wildman–Crippen LogP) is 5.83. The number of halogens is 2. The molecule has 4 rings (SSSR count). The molecule has 2 aromatic carbocycles. The van der Waals surface area contributed by atoms with Crippen LogP contribution in [0.5, 0.6) is 11.5 Å². The standard InChI is InChI=1S/C24H22ClFN2O4S/c1-4-31-23(29)20-14(2)27-24-28(9-10-33-24)21(20)16-11-17(25)22(19(12-16)30-3)32-13-15-7-5-6-8-18(15)26/h5-12,21H,4,13H2,1-3H3. The van der Waals surface area contributed by atoms with Gasteiger partial charge in [-0.1, -0.05) is 41.6 Å². The first-order valence-corrected chi connectivity index (χ1v) is 11.5. The van der Waals surface area contributed by atoms with Crippen molar-refractivity contribution in [3.8, 4) is 11.5 Å². The Morgan fingerprint density at radius 1 is 1.30 bits per heavy atom. The van der Waals surface area contributed by atoms with Crippen molar-refractivity contribution in [1.82, 2.24) is 4.90 Å². The first kappa shape index (κ1) is 23.2. The monoisotopic (exact) mass is 488 g/mol. The molecular weight excluding hydrogens is 467 g/mol. The number of thioether (sulfide) groups is 1. The van der Waals surface area contributed by atoms with Crippen LogP contribution >= 0.6 is 23.4 Å². The Hall–Kier alpha value is -2.97. The highest BCUT2D eigenvalue weighted by molar-refractivity contribution is 8.16. The summed E-state index contributed by atoms with van der Waals surface area (Å²) >= 11 is 8.07. The van der Waals surface area contributed by atoms with Gasteiger partial charge in [-0.15, -0.1) is 0 Å². The van der Waals surface area contributed by atoms with Gasteiger partial charge < -0.3 is 19.1 Å². The number of benzene rings is 2. The first-order chi connectivity index (χ1) is 15.9. The number of allylic oxidation sites excluding steroid dienone is 1. The predicted molar refractivity (Wildman–Crippen MR) is 127 cm³/mol. The lowest BCUT2D eigenvalue weighted by molar-refractivity contribution is -0.139. The molecule has 9 heteroatoms. The molecule has 0 spiro atoms. The second-order valence-electron chi connectivity index (χ2n) is 7.24. The van der Waals surface area contributed by atoms with Crippen LogP contribution in [0.4, 0.5) is 4.39 Å². The van der Waals surface area contributed by atoms with Crippen molar-refractivity contribution in [1.29, 1.82) is 0 Å². The van der Waals surface area contributed by atoms with Crippen molar-refractivity contribution in [2.75, 3.05) is 13.7 Å². The van der Waals surface area contributed by atoms with E-state index < -0.39 is 12.0 Å². The maximum Gasteiger partial charge on any atom is 0.338 e. The molecule has 172 valence electrons. The summed E-state index contributed by atoms with van der Waals surface area (Å²) in [6.45, 7) is 3.78. The smallest absolute Gasteiger partial charge is 0.338 e. The lowest BCUT2D eigenvalue weighted by atomic mass is 9.94. The highest BCUT2D eigenvalue weighted by Crippen LogP contribution is 2.45. The van der Waals surface area contributed by atoms with Crippen LogP contribution in [-0.2, 0) is 16.1 Å². The third kappa shape index (κ3) is 4.58. The van der Waals surface area contributed by atoms with Crippen LogP contribution in [0.15, 0.2) is 64.3 Å². The molecule has 0 radical (unpaired) electrons. The Bertz CT molecular complexity index is 1180. The molecule has 0 saturated heterocycles. The van der Waals surface area contributed by atoms with Crippen molar-refractivity contribution in [3.05, 3.63) is 81.2 Å². The Morgan fingerprint density at radius 3 is 2.82 bits per heavy atom. The van der Waals surface area contributed by atoms with E-state index in [9.17, 15) is 9.18 Å². The van der Waals surface area contributed by atoms with E-state index in [2.05, 4.69) is 4.99 Å². The fourth-order valence-corrected chi connectivity index (χ4v) is 4.77. The van der Waals surface area contributed by atoms with Crippen LogP contribution in [0.25, 0.3) is 0 Å². The first-order valence-electron chi connectivity index (χ1n) is 10.3. The number of ether oxygens (including phenoxy) is 3. The van der Waals surface area contributed by atoms with Crippen molar-refractivity contribution in [2.45, 2.75) is 26.5 Å². The maximum atomic E-state index is 14.0. The minimum Gasteiger partial charge on any atom is -0.493 e. The number of amidine groups is 1. The number of hydrogen-bond acceptors (Lipinski definition) is 7. The molecule has 2 aliphatic rings. The Labute approximate surface area is 200 Å². The van der Waals surface area contributed by atoms with Gasteiger partial charge in [0, 0.05) is 11.8 Å². The largest absolute Gasteiger partial charge is 0.493 e. The molecule has 2 heterocycles. The molecule has 33 heavy (non-hydrogen) atoms. The van der Waals surface area contributed by atoms with Crippen molar-refractivity contribution in [3.63, 3.8) is 0 Å². The lowest BCUT2D eigenvalue weighted by Gasteiger charge is -2.33. The van der Waals surface area contributed by atoms with E-state index in [1.165, 1.54) is 24.9 Å². The normalized spacial score (nSPS) is 17.1. The van der Waals surface area contributed by atoms with E-state index >= 15 is 0 Å². The van der Waals surface area contributed by atoms with Gasteiger partial charge in [0.2, 0.25) is 0 Å². The maximum absolute atomic E-state index is 14.0. The van der Waals surface area contributed by atoms with Crippen molar-refractivity contribution in [2.24, 2.45) is 4.99 Å². The number of aliphatic imine (C=N–C) groups is 1. The molecule has 2 aromatic rings. The van der Waals surface area contributed by atoms with Gasteiger partial charge in [-0.25, -0.2) is 14.2 Å². The zero-order chi connectivity index (χ0) is 23.5. The molecule has 0 aliphatic carbocycles. The van der Waals surface area contributed by atoms with Gasteiger partial charge >= 0.3 is 5.97 Å². The average molecular weight is 489 g/mol. The summed E-state index contributed by atoms with van der Waals surface area (Å²) in [4.78, 5) is 19.3. The summed E-state index contributed by atoms with van der Waals surface area (Å²) in [5.41, 5.74) is 2.11. The Kier molecular flexibility index (Phi) is 6.95. The number of carbonyl (C=O) groups excluding carboxylic acids is 1. The summed E-state index contributed by atoms with van der Waals surface area (Å²) in [6, 6.07) is 9.34. The van der Waals surface area contributed by atoms with E-state index in [1.807, 2.05) is 16.5 Å². The summed E-state index contributed by atoms with van der Waals surface area (Å²) in [6.07, 6.45) is 1.86. The molecule has 0 saturated carbocycles.